The minimum absolute atomic E-state index is 0.0000816. The van der Waals surface area contributed by atoms with Gasteiger partial charge in [-0.2, -0.15) is 10.1 Å². The normalized spacial score (nSPS) is 23.1. The van der Waals surface area contributed by atoms with Crippen LogP contribution in [0.4, 0.5) is 0 Å². The van der Waals surface area contributed by atoms with Crippen molar-refractivity contribution in [3.8, 4) is 0 Å². The van der Waals surface area contributed by atoms with Crippen LogP contribution in [0.5, 0.6) is 0 Å². The minimum atomic E-state index is 0.0000816. The van der Waals surface area contributed by atoms with Gasteiger partial charge in [-0.05, 0) is 32.8 Å². The molecule has 118 valence electrons. The summed E-state index contributed by atoms with van der Waals surface area (Å²) in [5.41, 5.74) is 2.30. The highest BCUT2D eigenvalue weighted by Crippen LogP contribution is 2.28. The van der Waals surface area contributed by atoms with Gasteiger partial charge in [0.1, 0.15) is 6.10 Å². The highest BCUT2D eigenvalue weighted by molar-refractivity contribution is 5.09. The minimum Gasteiger partial charge on any atom is -0.368 e. The lowest BCUT2D eigenvalue weighted by atomic mass is 10.1. The van der Waals surface area contributed by atoms with Crippen LogP contribution in [0.2, 0.25) is 0 Å². The molecule has 0 radical (unpaired) electrons. The van der Waals surface area contributed by atoms with Gasteiger partial charge in [0.2, 0.25) is 0 Å². The predicted octanol–water partition coefficient (Wildman–Crippen LogP) is 1.79. The van der Waals surface area contributed by atoms with E-state index in [0.29, 0.717) is 11.9 Å². The molecule has 2 aromatic heterocycles. The summed E-state index contributed by atoms with van der Waals surface area (Å²) in [5, 5.41) is 8.63. The van der Waals surface area contributed by atoms with E-state index in [-0.39, 0.29) is 6.10 Å². The van der Waals surface area contributed by atoms with Crippen molar-refractivity contribution in [3.63, 3.8) is 0 Å². The summed E-state index contributed by atoms with van der Waals surface area (Å²) >= 11 is 0. The Kier molecular flexibility index (Phi) is 3.46. The van der Waals surface area contributed by atoms with Gasteiger partial charge in [0.05, 0.1) is 18.3 Å². The SMILES string of the molecule is Cc1cc(C)n(C2CN(Cc3noc(C4CCCO4)n3)C2)n1. The maximum Gasteiger partial charge on any atom is 0.255 e. The summed E-state index contributed by atoms with van der Waals surface area (Å²) < 4.78 is 13.0. The molecule has 0 saturated carbocycles. The van der Waals surface area contributed by atoms with Crippen LogP contribution < -0.4 is 0 Å². The zero-order valence-corrected chi connectivity index (χ0v) is 13.0. The van der Waals surface area contributed by atoms with Crippen molar-refractivity contribution in [1.29, 1.82) is 0 Å². The van der Waals surface area contributed by atoms with Gasteiger partial charge in [-0.15, -0.1) is 0 Å². The molecule has 2 fully saturated rings. The number of aromatic nitrogens is 4. The Labute approximate surface area is 129 Å². The molecule has 2 aliphatic rings. The Bertz CT molecular complexity index is 653. The topological polar surface area (TPSA) is 69.2 Å². The van der Waals surface area contributed by atoms with Crippen LogP contribution in [-0.4, -0.2) is 44.5 Å². The lowest BCUT2D eigenvalue weighted by molar-refractivity contribution is 0.0829. The Balaban J connectivity index is 1.33. The van der Waals surface area contributed by atoms with Gasteiger partial charge in [0, 0.05) is 25.4 Å². The molecule has 4 rings (SSSR count). The number of rotatable bonds is 4. The first-order chi connectivity index (χ1) is 10.7. The summed E-state index contributed by atoms with van der Waals surface area (Å²) in [6.45, 7) is 7.62. The lowest BCUT2D eigenvalue weighted by Crippen LogP contribution is -2.47. The standard InChI is InChI=1S/C15H21N5O2/c1-10-6-11(2)20(17-10)12-7-19(8-12)9-14-16-15(22-18-14)13-4-3-5-21-13/h6,12-13H,3-5,7-9H2,1-2H3. The first-order valence-electron chi connectivity index (χ1n) is 7.88. The van der Waals surface area contributed by atoms with Gasteiger partial charge in [0.15, 0.2) is 5.82 Å². The average Bonchev–Trinajstić information content (AvgIpc) is 3.14. The molecule has 1 unspecified atom stereocenters. The number of hydrogen-bond acceptors (Lipinski definition) is 6. The smallest absolute Gasteiger partial charge is 0.255 e. The molecule has 0 N–H and O–H groups in total. The number of likely N-dealkylation sites (tertiary alicyclic amines) is 1. The first-order valence-corrected chi connectivity index (χ1v) is 7.88. The van der Waals surface area contributed by atoms with E-state index < -0.39 is 0 Å². The molecule has 22 heavy (non-hydrogen) atoms. The number of aryl methyl sites for hydroxylation is 2. The Morgan fingerprint density at radius 2 is 2.18 bits per heavy atom. The van der Waals surface area contributed by atoms with Gasteiger partial charge < -0.3 is 9.26 Å². The Morgan fingerprint density at radius 3 is 2.86 bits per heavy atom. The van der Waals surface area contributed by atoms with Crippen molar-refractivity contribution in [2.75, 3.05) is 19.7 Å². The fourth-order valence-corrected chi connectivity index (χ4v) is 3.28. The molecule has 0 bridgehead atoms. The van der Waals surface area contributed by atoms with Crippen LogP contribution in [0, 0.1) is 13.8 Å². The van der Waals surface area contributed by atoms with Crippen LogP contribution in [-0.2, 0) is 11.3 Å². The number of hydrogen-bond donors (Lipinski definition) is 0. The maximum atomic E-state index is 5.57. The third kappa shape index (κ3) is 2.55. The highest BCUT2D eigenvalue weighted by Gasteiger charge is 2.31. The van der Waals surface area contributed by atoms with E-state index >= 15 is 0 Å². The fraction of sp³-hybridized carbons (Fsp3) is 0.667. The molecule has 0 aromatic carbocycles. The van der Waals surface area contributed by atoms with Crippen LogP contribution in [0.3, 0.4) is 0 Å². The van der Waals surface area contributed by atoms with Crippen molar-refractivity contribution in [2.45, 2.75) is 45.4 Å². The largest absolute Gasteiger partial charge is 0.368 e. The van der Waals surface area contributed by atoms with Crippen molar-refractivity contribution >= 4 is 0 Å². The molecule has 2 saturated heterocycles. The summed E-state index contributed by atoms with van der Waals surface area (Å²) in [4.78, 5) is 6.78. The zero-order valence-electron chi connectivity index (χ0n) is 13.0. The number of ether oxygens (including phenoxy) is 1. The molecule has 7 heteroatoms. The molecule has 7 nitrogen and oxygen atoms in total. The summed E-state index contributed by atoms with van der Waals surface area (Å²) in [6.07, 6.45) is 2.05. The van der Waals surface area contributed by atoms with E-state index in [9.17, 15) is 0 Å². The van der Waals surface area contributed by atoms with Gasteiger partial charge in [-0.1, -0.05) is 5.16 Å². The molecule has 4 heterocycles. The Morgan fingerprint density at radius 1 is 1.32 bits per heavy atom. The van der Waals surface area contributed by atoms with E-state index in [1.165, 1.54) is 5.69 Å². The van der Waals surface area contributed by atoms with Crippen molar-refractivity contribution in [3.05, 3.63) is 29.2 Å². The van der Waals surface area contributed by atoms with Crippen LogP contribution in [0.25, 0.3) is 0 Å². The van der Waals surface area contributed by atoms with E-state index in [0.717, 1.165) is 50.6 Å². The highest BCUT2D eigenvalue weighted by atomic mass is 16.5. The van der Waals surface area contributed by atoms with Crippen LogP contribution >= 0.6 is 0 Å². The molecule has 0 spiro atoms. The molecular weight excluding hydrogens is 282 g/mol. The second-order valence-corrected chi connectivity index (χ2v) is 6.27. The summed E-state index contributed by atoms with van der Waals surface area (Å²) in [6, 6.07) is 2.58. The number of nitrogens with zero attached hydrogens (tertiary/aromatic N) is 5. The zero-order chi connectivity index (χ0) is 15.1. The monoisotopic (exact) mass is 303 g/mol. The van der Waals surface area contributed by atoms with Crippen LogP contribution in [0.1, 0.15) is 48.1 Å². The van der Waals surface area contributed by atoms with E-state index in [1.54, 1.807) is 0 Å². The third-order valence-electron chi connectivity index (χ3n) is 4.38. The molecule has 1 atom stereocenters. The second kappa shape index (κ2) is 5.48. The molecular formula is C15H21N5O2. The van der Waals surface area contributed by atoms with Crippen molar-refractivity contribution in [2.24, 2.45) is 0 Å². The van der Waals surface area contributed by atoms with Crippen molar-refractivity contribution in [1.82, 2.24) is 24.8 Å². The molecule has 2 aromatic rings. The predicted molar refractivity (Wildman–Crippen MR) is 78.2 cm³/mol. The lowest BCUT2D eigenvalue weighted by Gasteiger charge is -2.38. The summed E-state index contributed by atoms with van der Waals surface area (Å²) in [5.74, 6) is 1.38. The molecule has 0 aliphatic carbocycles. The van der Waals surface area contributed by atoms with E-state index in [2.05, 4.69) is 37.8 Å². The van der Waals surface area contributed by atoms with Gasteiger partial charge in [0.25, 0.3) is 5.89 Å². The second-order valence-electron chi connectivity index (χ2n) is 6.27. The van der Waals surface area contributed by atoms with E-state index in [1.807, 2.05) is 6.92 Å². The van der Waals surface area contributed by atoms with Gasteiger partial charge in [-0.3, -0.25) is 9.58 Å². The third-order valence-corrected chi connectivity index (χ3v) is 4.38. The van der Waals surface area contributed by atoms with E-state index in [4.69, 9.17) is 9.26 Å². The van der Waals surface area contributed by atoms with Gasteiger partial charge >= 0.3 is 0 Å². The summed E-state index contributed by atoms with van der Waals surface area (Å²) in [7, 11) is 0. The quantitative estimate of drug-likeness (QED) is 0.857. The van der Waals surface area contributed by atoms with Crippen LogP contribution in [0.15, 0.2) is 10.6 Å². The maximum absolute atomic E-state index is 5.57. The molecule has 2 aliphatic heterocycles. The Hall–Kier alpha value is -1.73. The fourth-order valence-electron chi connectivity index (χ4n) is 3.28. The first kappa shape index (κ1) is 13.9. The molecule has 0 amide bonds. The van der Waals surface area contributed by atoms with Crippen molar-refractivity contribution < 1.29 is 9.26 Å². The van der Waals surface area contributed by atoms with Gasteiger partial charge in [-0.25, -0.2) is 0 Å². The average molecular weight is 303 g/mol.